The number of hydrogen-bond acceptors (Lipinski definition) is 5. The normalized spacial score (nSPS) is 20.6. The predicted octanol–water partition coefficient (Wildman–Crippen LogP) is 0.987. The molecule has 1 aromatic rings. The van der Waals surface area contributed by atoms with Crippen LogP contribution in [0, 0.1) is 10.1 Å². The molecule has 2 amide bonds. The highest BCUT2D eigenvalue weighted by atomic mass is 16.6. The standard InChI is InChI=1S/C17H21N3O5/c21-16(12-13-4-1-2-5-14(13)20(23)24)18-7-9-19(10-8-18)17(22)15-6-3-11-25-15/h1-2,4-5,15H,3,6-12H2. The van der Waals surface area contributed by atoms with Gasteiger partial charge in [-0.25, -0.2) is 0 Å². The first kappa shape index (κ1) is 17.3. The van der Waals surface area contributed by atoms with Crippen LogP contribution in [0.3, 0.4) is 0 Å². The number of ether oxygens (including phenoxy) is 1. The maximum atomic E-state index is 12.5. The Balaban J connectivity index is 1.55. The van der Waals surface area contributed by atoms with Crippen molar-refractivity contribution < 1.29 is 19.2 Å². The van der Waals surface area contributed by atoms with Crippen LogP contribution in [0.1, 0.15) is 18.4 Å². The molecule has 2 heterocycles. The quantitative estimate of drug-likeness (QED) is 0.598. The highest BCUT2D eigenvalue weighted by molar-refractivity contribution is 5.82. The highest BCUT2D eigenvalue weighted by Gasteiger charge is 2.31. The Bertz CT molecular complexity index is 664. The minimum Gasteiger partial charge on any atom is -0.368 e. The molecule has 1 unspecified atom stereocenters. The fourth-order valence-electron chi connectivity index (χ4n) is 3.27. The van der Waals surface area contributed by atoms with Crippen molar-refractivity contribution in [1.29, 1.82) is 0 Å². The molecule has 2 saturated heterocycles. The molecule has 0 N–H and O–H groups in total. The first-order valence-electron chi connectivity index (χ1n) is 8.46. The average molecular weight is 347 g/mol. The van der Waals surface area contributed by atoms with Crippen molar-refractivity contribution in [2.45, 2.75) is 25.4 Å². The molecule has 3 rings (SSSR count). The second kappa shape index (κ2) is 7.60. The van der Waals surface area contributed by atoms with E-state index in [0.29, 0.717) is 38.3 Å². The molecule has 25 heavy (non-hydrogen) atoms. The van der Waals surface area contributed by atoms with Crippen molar-refractivity contribution in [1.82, 2.24) is 9.80 Å². The zero-order chi connectivity index (χ0) is 17.8. The van der Waals surface area contributed by atoms with Crippen LogP contribution in [0.4, 0.5) is 5.69 Å². The third-order valence-electron chi connectivity index (χ3n) is 4.68. The van der Waals surface area contributed by atoms with Gasteiger partial charge in [-0.2, -0.15) is 0 Å². The molecule has 1 atom stereocenters. The summed E-state index contributed by atoms with van der Waals surface area (Å²) in [6.45, 7) is 2.46. The van der Waals surface area contributed by atoms with Gasteiger partial charge in [0.2, 0.25) is 5.91 Å². The summed E-state index contributed by atoms with van der Waals surface area (Å²) in [5, 5.41) is 11.0. The van der Waals surface area contributed by atoms with Gasteiger partial charge in [0.15, 0.2) is 0 Å². The number of carbonyl (C=O) groups is 2. The smallest absolute Gasteiger partial charge is 0.273 e. The van der Waals surface area contributed by atoms with E-state index in [0.717, 1.165) is 12.8 Å². The molecule has 2 aliphatic rings. The second-order valence-electron chi connectivity index (χ2n) is 6.27. The van der Waals surface area contributed by atoms with Crippen LogP contribution in [0.2, 0.25) is 0 Å². The molecule has 0 saturated carbocycles. The van der Waals surface area contributed by atoms with Crippen molar-refractivity contribution in [3.63, 3.8) is 0 Å². The molecule has 2 aliphatic heterocycles. The van der Waals surface area contributed by atoms with E-state index in [1.807, 2.05) is 0 Å². The summed E-state index contributed by atoms with van der Waals surface area (Å²) in [6.07, 6.45) is 1.33. The molecule has 0 aliphatic carbocycles. The van der Waals surface area contributed by atoms with Crippen LogP contribution < -0.4 is 0 Å². The van der Waals surface area contributed by atoms with Crippen molar-refractivity contribution in [2.75, 3.05) is 32.8 Å². The van der Waals surface area contributed by atoms with Crippen LogP contribution >= 0.6 is 0 Å². The minimum atomic E-state index is -0.471. The first-order valence-corrected chi connectivity index (χ1v) is 8.46. The Labute approximate surface area is 145 Å². The molecule has 8 heteroatoms. The largest absolute Gasteiger partial charge is 0.368 e. The van der Waals surface area contributed by atoms with Crippen LogP contribution in [0.25, 0.3) is 0 Å². The van der Waals surface area contributed by atoms with Gasteiger partial charge >= 0.3 is 0 Å². The van der Waals surface area contributed by atoms with Crippen LogP contribution in [0.5, 0.6) is 0 Å². The molecular weight excluding hydrogens is 326 g/mol. The molecular formula is C17H21N3O5. The van der Waals surface area contributed by atoms with Gasteiger partial charge in [-0.3, -0.25) is 19.7 Å². The maximum Gasteiger partial charge on any atom is 0.273 e. The zero-order valence-electron chi connectivity index (χ0n) is 13.9. The fraction of sp³-hybridized carbons (Fsp3) is 0.529. The number of para-hydroxylation sites is 1. The maximum absolute atomic E-state index is 12.5. The number of hydrogen-bond donors (Lipinski definition) is 0. The van der Waals surface area contributed by atoms with Gasteiger partial charge in [0.05, 0.1) is 11.3 Å². The lowest BCUT2D eigenvalue weighted by molar-refractivity contribution is -0.385. The van der Waals surface area contributed by atoms with Crippen molar-refractivity contribution in [3.8, 4) is 0 Å². The van der Waals surface area contributed by atoms with E-state index in [1.54, 1.807) is 28.0 Å². The van der Waals surface area contributed by atoms with E-state index in [9.17, 15) is 19.7 Å². The van der Waals surface area contributed by atoms with E-state index in [-0.39, 0.29) is 30.0 Å². The Morgan fingerprint density at radius 3 is 2.48 bits per heavy atom. The molecule has 8 nitrogen and oxygen atoms in total. The fourth-order valence-corrected chi connectivity index (χ4v) is 3.27. The lowest BCUT2D eigenvalue weighted by Crippen LogP contribution is -2.53. The van der Waals surface area contributed by atoms with Gasteiger partial charge in [0.25, 0.3) is 11.6 Å². The van der Waals surface area contributed by atoms with E-state index in [1.165, 1.54) is 6.07 Å². The molecule has 0 spiro atoms. The predicted molar refractivity (Wildman–Crippen MR) is 88.9 cm³/mol. The molecule has 0 radical (unpaired) electrons. The number of rotatable bonds is 4. The monoisotopic (exact) mass is 347 g/mol. The average Bonchev–Trinajstić information content (AvgIpc) is 3.16. The van der Waals surface area contributed by atoms with Gasteiger partial charge in [-0.15, -0.1) is 0 Å². The van der Waals surface area contributed by atoms with Gasteiger partial charge in [0, 0.05) is 44.4 Å². The van der Waals surface area contributed by atoms with E-state index in [2.05, 4.69) is 0 Å². The summed E-state index contributed by atoms with van der Waals surface area (Å²) < 4.78 is 5.42. The Kier molecular flexibility index (Phi) is 5.28. The molecule has 0 aromatic heterocycles. The van der Waals surface area contributed by atoms with Gasteiger partial charge in [-0.05, 0) is 12.8 Å². The Hall–Kier alpha value is -2.48. The van der Waals surface area contributed by atoms with E-state index in [4.69, 9.17) is 4.74 Å². The van der Waals surface area contributed by atoms with E-state index < -0.39 is 4.92 Å². The SMILES string of the molecule is O=C(Cc1ccccc1[N+](=O)[O-])N1CCN(C(=O)C2CCCO2)CC1. The summed E-state index contributed by atoms with van der Waals surface area (Å²) in [4.78, 5) is 38.7. The Morgan fingerprint density at radius 2 is 1.84 bits per heavy atom. The molecule has 1 aromatic carbocycles. The third kappa shape index (κ3) is 3.96. The van der Waals surface area contributed by atoms with Gasteiger partial charge < -0.3 is 14.5 Å². The lowest BCUT2D eigenvalue weighted by atomic mass is 10.1. The van der Waals surface area contributed by atoms with Crippen molar-refractivity contribution >= 4 is 17.5 Å². The second-order valence-corrected chi connectivity index (χ2v) is 6.27. The number of nitro benzene ring substituents is 1. The summed E-state index contributed by atoms with van der Waals surface area (Å²) in [5.74, 6) is -0.151. The number of piperazine rings is 1. The molecule has 0 bridgehead atoms. The number of nitrogens with zero attached hydrogens (tertiary/aromatic N) is 3. The van der Waals surface area contributed by atoms with Crippen LogP contribution in [-0.2, 0) is 20.7 Å². The lowest BCUT2D eigenvalue weighted by Gasteiger charge is -2.35. The highest BCUT2D eigenvalue weighted by Crippen LogP contribution is 2.20. The van der Waals surface area contributed by atoms with E-state index >= 15 is 0 Å². The Morgan fingerprint density at radius 1 is 1.16 bits per heavy atom. The summed E-state index contributed by atoms with van der Waals surface area (Å²) >= 11 is 0. The van der Waals surface area contributed by atoms with Gasteiger partial charge in [-0.1, -0.05) is 18.2 Å². The summed E-state index contributed by atoms with van der Waals surface area (Å²) in [7, 11) is 0. The minimum absolute atomic E-state index is 0.00305. The van der Waals surface area contributed by atoms with Gasteiger partial charge in [0.1, 0.15) is 6.10 Å². The zero-order valence-corrected chi connectivity index (χ0v) is 13.9. The topological polar surface area (TPSA) is 93.0 Å². The summed E-state index contributed by atoms with van der Waals surface area (Å²) in [6, 6.07) is 6.28. The number of nitro groups is 1. The summed E-state index contributed by atoms with van der Waals surface area (Å²) in [5.41, 5.74) is 0.374. The first-order chi connectivity index (χ1) is 12.1. The number of benzene rings is 1. The molecule has 2 fully saturated rings. The molecule has 134 valence electrons. The van der Waals surface area contributed by atoms with Crippen LogP contribution in [-0.4, -0.2) is 65.4 Å². The number of amides is 2. The van der Waals surface area contributed by atoms with Crippen molar-refractivity contribution in [3.05, 3.63) is 39.9 Å². The number of carbonyl (C=O) groups excluding carboxylic acids is 2. The van der Waals surface area contributed by atoms with Crippen molar-refractivity contribution in [2.24, 2.45) is 0 Å². The van der Waals surface area contributed by atoms with Crippen LogP contribution in [0.15, 0.2) is 24.3 Å². The third-order valence-corrected chi connectivity index (χ3v) is 4.68.